The van der Waals surface area contributed by atoms with E-state index in [9.17, 15) is 14.9 Å². The number of nitro groups is 1. The second kappa shape index (κ2) is 6.67. The molecule has 4 N–H and O–H groups in total. The van der Waals surface area contributed by atoms with Crippen molar-refractivity contribution >= 4 is 11.6 Å². The van der Waals surface area contributed by atoms with Crippen molar-refractivity contribution in [3.63, 3.8) is 0 Å². The summed E-state index contributed by atoms with van der Waals surface area (Å²) in [5, 5.41) is 22.4. The lowest BCUT2D eigenvalue weighted by molar-refractivity contribution is -0.384. The highest BCUT2D eigenvalue weighted by atomic mass is 16.6. The van der Waals surface area contributed by atoms with Crippen molar-refractivity contribution in [2.45, 2.75) is 12.5 Å². The Hall–Kier alpha value is -1.99. The van der Waals surface area contributed by atoms with E-state index in [-0.39, 0.29) is 12.2 Å². The second-order valence-electron chi connectivity index (χ2n) is 3.80. The summed E-state index contributed by atoms with van der Waals surface area (Å²) in [4.78, 5) is 20.5. The molecule has 98 valence electrons. The number of hydrogen-bond donors (Lipinski definition) is 3. The Morgan fingerprint density at radius 2 is 2.06 bits per heavy atom. The number of nitrogens with one attached hydrogen (secondary N) is 1. The Balaban J connectivity index is 2.31. The van der Waals surface area contributed by atoms with Gasteiger partial charge >= 0.3 is 0 Å². The molecule has 0 aliphatic rings. The largest absolute Gasteiger partial charge is 0.382 e. The standard InChI is InChI=1S/C11H15N3O4/c12-11(16)10(15)7-13-6-5-8-1-3-9(4-2-8)14(17)18/h1-4,10,13,15H,5-7H2,(H2,12,16). The normalized spacial score (nSPS) is 12.1. The second-order valence-corrected chi connectivity index (χ2v) is 3.80. The lowest BCUT2D eigenvalue weighted by atomic mass is 10.1. The van der Waals surface area contributed by atoms with Gasteiger partial charge < -0.3 is 16.2 Å². The first kappa shape index (κ1) is 14.1. The van der Waals surface area contributed by atoms with E-state index in [0.717, 1.165) is 5.56 Å². The van der Waals surface area contributed by atoms with Crippen LogP contribution in [-0.2, 0) is 11.2 Å². The van der Waals surface area contributed by atoms with Crippen LogP contribution in [0.25, 0.3) is 0 Å². The van der Waals surface area contributed by atoms with E-state index in [2.05, 4.69) is 5.32 Å². The maximum atomic E-state index is 10.5. The van der Waals surface area contributed by atoms with Crippen LogP contribution in [0, 0.1) is 10.1 Å². The van der Waals surface area contributed by atoms with Gasteiger partial charge in [-0.2, -0.15) is 0 Å². The summed E-state index contributed by atoms with van der Waals surface area (Å²) in [6.07, 6.45) is -0.550. The monoisotopic (exact) mass is 253 g/mol. The van der Waals surface area contributed by atoms with Gasteiger partial charge in [-0.15, -0.1) is 0 Å². The number of carbonyl (C=O) groups excluding carboxylic acids is 1. The molecule has 0 aliphatic heterocycles. The molecular formula is C11H15N3O4. The minimum Gasteiger partial charge on any atom is -0.382 e. The average molecular weight is 253 g/mol. The van der Waals surface area contributed by atoms with Crippen molar-refractivity contribution in [1.29, 1.82) is 0 Å². The molecule has 18 heavy (non-hydrogen) atoms. The quantitative estimate of drug-likeness (QED) is 0.346. The minimum absolute atomic E-state index is 0.0517. The molecule has 7 heteroatoms. The van der Waals surface area contributed by atoms with Gasteiger partial charge in [0.2, 0.25) is 5.91 Å². The van der Waals surface area contributed by atoms with Crippen molar-refractivity contribution in [3.8, 4) is 0 Å². The third kappa shape index (κ3) is 4.48. The van der Waals surface area contributed by atoms with Gasteiger partial charge in [0, 0.05) is 18.7 Å². The molecule has 0 radical (unpaired) electrons. The van der Waals surface area contributed by atoms with E-state index in [1.807, 2.05) is 0 Å². The van der Waals surface area contributed by atoms with Gasteiger partial charge in [0.25, 0.3) is 5.69 Å². The molecule has 0 fully saturated rings. The van der Waals surface area contributed by atoms with Gasteiger partial charge in [0.15, 0.2) is 0 Å². The number of primary amides is 1. The lowest BCUT2D eigenvalue weighted by Gasteiger charge is -2.08. The molecule has 0 saturated carbocycles. The van der Waals surface area contributed by atoms with Crippen molar-refractivity contribution in [3.05, 3.63) is 39.9 Å². The van der Waals surface area contributed by atoms with Crippen molar-refractivity contribution in [2.24, 2.45) is 5.73 Å². The zero-order chi connectivity index (χ0) is 13.5. The average Bonchev–Trinajstić information content (AvgIpc) is 2.34. The molecule has 1 aromatic carbocycles. The number of nitrogens with zero attached hydrogens (tertiary/aromatic N) is 1. The van der Waals surface area contributed by atoms with Gasteiger partial charge in [0.1, 0.15) is 6.10 Å². The maximum absolute atomic E-state index is 10.5. The van der Waals surface area contributed by atoms with Crippen molar-refractivity contribution in [2.75, 3.05) is 13.1 Å². The van der Waals surface area contributed by atoms with Crippen LogP contribution in [0.15, 0.2) is 24.3 Å². The van der Waals surface area contributed by atoms with E-state index in [1.165, 1.54) is 12.1 Å². The zero-order valence-corrected chi connectivity index (χ0v) is 9.70. The number of rotatable bonds is 7. The predicted molar refractivity (Wildman–Crippen MR) is 64.9 cm³/mol. The Bertz CT molecular complexity index is 419. The molecule has 0 bridgehead atoms. The molecular weight excluding hydrogens is 238 g/mol. The Morgan fingerprint density at radius 3 is 2.56 bits per heavy atom. The Labute approximate surface area is 104 Å². The predicted octanol–water partition coefficient (Wildman–Crippen LogP) is -0.427. The summed E-state index contributed by atoms with van der Waals surface area (Å²) in [6, 6.07) is 6.22. The summed E-state index contributed by atoms with van der Waals surface area (Å²) < 4.78 is 0. The minimum atomic E-state index is -1.19. The van der Waals surface area contributed by atoms with E-state index < -0.39 is 16.9 Å². The van der Waals surface area contributed by atoms with Gasteiger partial charge in [-0.1, -0.05) is 12.1 Å². The van der Waals surface area contributed by atoms with E-state index in [4.69, 9.17) is 10.8 Å². The van der Waals surface area contributed by atoms with E-state index in [0.29, 0.717) is 13.0 Å². The fraction of sp³-hybridized carbons (Fsp3) is 0.364. The third-order valence-electron chi connectivity index (χ3n) is 2.40. The van der Waals surface area contributed by atoms with Crippen LogP contribution < -0.4 is 11.1 Å². The molecule has 7 nitrogen and oxygen atoms in total. The maximum Gasteiger partial charge on any atom is 0.269 e. The molecule has 1 aromatic rings. The molecule has 1 unspecified atom stereocenters. The topological polar surface area (TPSA) is 118 Å². The molecule has 1 amide bonds. The molecule has 1 atom stereocenters. The SMILES string of the molecule is NC(=O)C(O)CNCCc1ccc([N+](=O)[O-])cc1. The molecule has 0 heterocycles. The molecule has 0 spiro atoms. The lowest BCUT2D eigenvalue weighted by Crippen LogP contribution is -2.38. The Kier molecular flexibility index (Phi) is 5.22. The van der Waals surface area contributed by atoms with Crippen LogP contribution in [-0.4, -0.2) is 35.1 Å². The van der Waals surface area contributed by atoms with Crippen LogP contribution >= 0.6 is 0 Å². The third-order valence-corrected chi connectivity index (χ3v) is 2.40. The van der Waals surface area contributed by atoms with Gasteiger partial charge in [0.05, 0.1) is 4.92 Å². The fourth-order valence-electron chi connectivity index (χ4n) is 1.36. The molecule has 0 aliphatic carbocycles. The van der Waals surface area contributed by atoms with Crippen LogP contribution in [0.1, 0.15) is 5.56 Å². The summed E-state index contributed by atoms with van der Waals surface area (Å²) in [5.41, 5.74) is 5.87. The number of carbonyl (C=O) groups is 1. The van der Waals surface area contributed by atoms with Crippen LogP contribution in [0.5, 0.6) is 0 Å². The summed E-state index contributed by atoms with van der Waals surface area (Å²) in [6.45, 7) is 0.643. The highest BCUT2D eigenvalue weighted by molar-refractivity contribution is 5.78. The highest BCUT2D eigenvalue weighted by Gasteiger charge is 2.09. The summed E-state index contributed by atoms with van der Waals surface area (Å²) in [7, 11) is 0. The van der Waals surface area contributed by atoms with Gasteiger partial charge in [-0.05, 0) is 18.5 Å². The first-order valence-electron chi connectivity index (χ1n) is 5.42. The summed E-state index contributed by atoms with van der Waals surface area (Å²) in [5.74, 6) is -0.766. The number of amides is 1. The number of aliphatic hydroxyl groups excluding tert-OH is 1. The number of aliphatic hydroxyl groups is 1. The number of nitro benzene ring substituents is 1. The summed E-state index contributed by atoms with van der Waals surface area (Å²) >= 11 is 0. The highest BCUT2D eigenvalue weighted by Crippen LogP contribution is 2.11. The molecule has 0 aromatic heterocycles. The smallest absolute Gasteiger partial charge is 0.269 e. The first-order chi connectivity index (χ1) is 8.50. The first-order valence-corrected chi connectivity index (χ1v) is 5.42. The van der Waals surface area contributed by atoms with Crippen LogP contribution in [0.2, 0.25) is 0 Å². The number of nitrogens with two attached hydrogens (primary N) is 1. The van der Waals surface area contributed by atoms with E-state index >= 15 is 0 Å². The number of benzene rings is 1. The van der Waals surface area contributed by atoms with Crippen LogP contribution in [0.3, 0.4) is 0 Å². The fourth-order valence-corrected chi connectivity index (χ4v) is 1.36. The van der Waals surface area contributed by atoms with Gasteiger partial charge in [-0.25, -0.2) is 0 Å². The van der Waals surface area contributed by atoms with Crippen molar-refractivity contribution in [1.82, 2.24) is 5.32 Å². The van der Waals surface area contributed by atoms with Crippen LogP contribution in [0.4, 0.5) is 5.69 Å². The Morgan fingerprint density at radius 1 is 1.44 bits per heavy atom. The number of non-ortho nitro benzene ring substituents is 1. The number of hydrogen-bond acceptors (Lipinski definition) is 5. The molecule has 0 saturated heterocycles. The molecule has 1 rings (SSSR count). The van der Waals surface area contributed by atoms with E-state index in [1.54, 1.807) is 12.1 Å². The zero-order valence-electron chi connectivity index (χ0n) is 9.70. The van der Waals surface area contributed by atoms with Gasteiger partial charge in [-0.3, -0.25) is 14.9 Å². The van der Waals surface area contributed by atoms with Crippen molar-refractivity contribution < 1.29 is 14.8 Å².